The number of nitro groups is 1. The van der Waals surface area contributed by atoms with Gasteiger partial charge in [-0.25, -0.2) is 9.59 Å². The summed E-state index contributed by atoms with van der Waals surface area (Å²) >= 11 is 6.18. The minimum absolute atomic E-state index is 0.0351. The van der Waals surface area contributed by atoms with Crippen LogP contribution in [0.2, 0.25) is 5.02 Å². The van der Waals surface area contributed by atoms with E-state index >= 15 is 0 Å². The molecule has 25 heavy (non-hydrogen) atoms. The number of esters is 1. The molecular weight excluding hydrogens is 352 g/mol. The highest BCUT2D eigenvalue weighted by molar-refractivity contribution is 6.31. The molecule has 1 heterocycles. The molecule has 0 spiro atoms. The van der Waals surface area contributed by atoms with E-state index < -0.39 is 22.8 Å². The van der Waals surface area contributed by atoms with Crippen molar-refractivity contribution in [1.29, 1.82) is 0 Å². The van der Waals surface area contributed by atoms with E-state index in [1.54, 1.807) is 13.8 Å². The van der Waals surface area contributed by atoms with Gasteiger partial charge in [-0.05, 0) is 25.5 Å². The standard InChI is InChI=1S/C16H15ClN2O6/c1-7-12(15(20)21)14(13(8(2)18-7)16(22)25-3)10-6-9(19(23)24)4-5-11(10)17/h4-6,14,18H,1-3H3,(H,20,21). The van der Waals surface area contributed by atoms with Gasteiger partial charge in [-0.15, -0.1) is 0 Å². The Balaban J connectivity index is 2.80. The summed E-state index contributed by atoms with van der Waals surface area (Å²) in [6, 6.07) is 3.68. The second-order valence-electron chi connectivity index (χ2n) is 5.40. The number of halogens is 1. The number of non-ortho nitro benzene ring substituents is 1. The Morgan fingerprint density at radius 3 is 2.40 bits per heavy atom. The maximum Gasteiger partial charge on any atom is 0.336 e. The average molecular weight is 367 g/mol. The molecule has 1 atom stereocenters. The number of carboxylic acids is 1. The smallest absolute Gasteiger partial charge is 0.336 e. The SMILES string of the molecule is COC(=O)C1=C(C)NC(C)=C(C(=O)O)C1c1cc([N+](=O)[O-])ccc1Cl. The van der Waals surface area contributed by atoms with Crippen LogP contribution in [0.1, 0.15) is 25.3 Å². The van der Waals surface area contributed by atoms with Gasteiger partial charge in [0.05, 0.1) is 29.1 Å². The summed E-state index contributed by atoms with van der Waals surface area (Å²) < 4.78 is 4.76. The molecule has 9 heteroatoms. The molecule has 1 unspecified atom stereocenters. The summed E-state index contributed by atoms with van der Waals surface area (Å²) in [6.07, 6.45) is 0. The molecule has 0 aromatic heterocycles. The van der Waals surface area contributed by atoms with Crippen LogP contribution in [0.3, 0.4) is 0 Å². The van der Waals surface area contributed by atoms with Gasteiger partial charge in [0.1, 0.15) is 0 Å². The molecule has 0 fully saturated rings. The summed E-state index contributed by atoms with van der Waals surface area (Å²) in [5.74, 6) is -3.12. The zero-order chi connectivity index (χ0) is 18.9. The molecule has 0 radical (unpaired) electrons. The Hall–Kier alpha value is -2.87. The van der Waals surface area contributed by atoms with Crippen LogP contribution in [0.15, 0.2) is 40.7 Å². The zero-order valence-electron chi connectivity index (χ0n) is 13.6. The van der Waals surface area contributed by atoms with Crippen LogP contribution in [-0.2, 0) is 14.3 Å². The first-order chi connectivity index (χ1) is 11.7. The molecule has 132 valence electrons. The summed E-state index contributed by atoms with van der Waals surface area (Å²) in [6.45, 7) is 3.13. The number of benzene rings is 1. The molecule has 1 aromatic carbocycles. The molecule has 1 aliphatic heterocycles. The number of carbonyl (C=O) groups is 2. The third-order valence-electron chi connectivity index (χ3n) is 3.90. The predicted molar refractivity (Wildman–Crippen MR) is 89.0 cm³/mol. The fourth-order valence-corrected chi connectivity index (χ4v) is 3.06. The largest absolute Gasteiger partial charge is 0.478 e. The molecule has 0 saturated heterocycles. The number of carboxylic acid groups (broad SMARTS) is 1. The third kappa shape index (κ3) is 3.34. The van der Waals surface area contributed by atoms with Crippen molar-refractivity contribution in [3.8, 4) is 0 Å². The normalized spacial score (nSPS) is 17.2. The lowest BCUT2D eigenvalue weighted by atomic mass is 9.80. The summed E-state index contributed by atoms with van der Waals surface area (Å²) in [4.78, 5) is 34.5. The molecule has 1 aliphatic rings. The van der Waals surface area contributed by atoms with Gasteiger partial charge in [0.15, 0.2) is 0 Å². The van der Waals surface area contributed by atoms with Gasteiger partial charge < -0.3 is 15.2 Å². The Morgan fingerprint density at radius 1 is 1.28 bits per heavy atom. The van der Waals surface area contributed by atoms with Crippen LogP contribution < -0.4 is 5.32 Å². The molecule has 1 aromatic rings. The van der Waals surface area contributed by atoms with Gasteiger partial charge >= 0.3 is 11.9 Å². The first-order valence-electron chi connectivity index (χ1n) is 7.13. The van der Waals surface area contributed by atoms with E-state index in [0.29, 0.717) is 11.4 Å². The van der Waals surface area contributed by atoms with Crippen molar-refractivity contribution in [3.05, 3.63) is 61.4 Å². The van der Waals surface area contributed by atoms with E-state index in [1.807, 2.05) is 0 Å². The lowest BCUT2D eigenvalue weighted by Gasteiger charge is -2.29. The third-order valence-corrected chi connectivity index (χ3v) is 4.24. The number of ether oxygens (including phenoxy) is 1. The van der Waals surface area contributed by atoms with Gasteiger partial charge in [-0.1, -0.05) is 11.6 Å². The van der Waals surface area contributed by atoms with E-state index in [0.717, 1.165) is 0 Å². The minimum Gasteiger partial charge on any atom is -0.478 e. The number of hydrogen-bond acceptors (Lipinski definition) is 6. The first-order valence-corrected chi connectivity index (χ1v) is 7.50. The first kappa shape index (κ1) is 18.5. The number of nitrogens with one attached hydrogen (secondary N) is 1. The van der Waals surface area contributed by atoms with E-state index in [9.17, 15) is 24.8 Å². The molecule has 2 N–H and O–H groups in total. The van der Waals surface area contributed by atoms with E-state index in [-0.39, 0.29) is 27.4 Å². The van der Waals surface area contributed by atoms with Crippen molar-refractivity contribution >= 4 is 29.2 Å². The maximum absolute atomic E-state index is 12.3. The van der Waals surface area contributed by atoms with Crippen LogP contribution in [0.25, 0.3) is 0 Å². The molecule has 2 rings (SSSR count). The summed E-state index contributed by atoms with van der Waals surface area (Å²) in [5, 5.41) is 23.6. The number of carbonyl (C=O) groups excluding carboxylic acids is 1. The van der Waals surface area contributed by atoms with Gasteiger partial charge in [-0.2, -0.15) is 0 Å². The molecule has 0 saturated carbocycles. The second kappa shape index (κ2) is 6.94. The average Bonchev–Trinajstić information content (AvgIpc) is 2.53. The Morgan fingerprint density at radius 2 is 1.88 bits per heavy atom. The number of nitrogens with zero attached hydrogens (tertiary/aromatic N) is 1. The fraction of sp³-hybridized carbons (Fsp3) is 0.250. The topological polar surface area (TPSA) is 119 Å². The van der Waals surface area contributed by atoms with Gasteiger partial charge in [0.2, 0.25) is 0 Å². The Labute approximate surface area is 147 Å². The highest BCUT2D eigenvalue weighted by atomic mass is 35.5. The maximum atomic E-state index is 12.3. The second-order valence-corrected chi connectivity index (χ2v) is 5.80. The monoisotopic (exact) mass is 366 g/mol. The molecular formula is C16H15ClN2O6. The summed E-state index contributed by atoms with van der Waals surface area (Å²) in [5.41, 5.74) is 0.490. The minimum atomic E-state index is -1.27. The number of rotatable bonds is 4. The van der Waals surface area contributed by atoms with Gasteiger partial charge in [-0.3, -0.25) is 10.1 Å². The zero-order valence-corrected chi connectivity index (χ0v) is 14.4. The van der Waals surface area contributed by atoms with E-state index in [2.05, 4.69) is 5.32 Å². The van der Waals surface area contributed by atoms with Crippen LogP contribution in [0, 0.1) is 10.1 Å². The number of allylic oxidation sites excluding steroid dienone is 2. The van der Waals surface area contributed by atoms with Crippen LogP contribution >= 0.6 is 11.6 Å². The molecule has 0 bridgehead atoms. The van der Waals surface area contributed by atoms with Crippen molar-refractivity contribution in [2.75, 3.05) is 7.11 Å². The van der Waals surface area contributed by atoms with Crippen molar-refractivity contribution in [1.82, 2.24) is 5.32 Å². The number of methoxy groups -OCH3 is 1. The molecule has 8 nitrogen and oxygen atoms in total. The quantitative estimate of drug-likeness (QED) is 0.477. The van der Waals surface area contributed by atoms with Crippen molar-refractivity contribution in [3.63, 3.8) is 0 Å². The van der Waals surface area contributed by atoms with Crippen molar-refractivity contribution in [2.24, 2.45) is 0 Å². The van der Waals surface area contributed by atoms with Crippen molar-refractivity contribution in [2.45, 2.75) is 19.8 Å². The number of aliphatic carboxylic acids is 1. The highest BCUT2D eigenvalue weighted by Gasteiger charge is 2.38. The van der Waals surface area contributed by atoms with E-state index in [4.69, 9.17) is 16.3 Å². The lowest BCUT2D eigenvalue weighted by Crippen LogP contribution is -2.31. The number of dihydropyridines is 1. The van der Waals surface area contributed by atoms with Crippen LogP contribution in [0.4, 0.5) is 5.69 Å². The fourth-order valence-electron chi connectivity index (χ4n) is 2.83. The Kier molecular flexibility index (Phi) is 5.13. The van der Waals surface area contributed by atoms with Gasteiger partial charge in [0.25, 0.3) is 5.69 Å². The highest BCUT2D eigenvalue weighted by Crippen LogP contribution is 2.42. The Bertz CT molecular complexity index is 843. The van der Waals surface area contributed by atoms with E-state index in [1.165, 1.54) is 25.3 Å². The molecule has 0 amide bonds. The molecule has 0 aliphatic carbocycles. The number of nitro benzene ring substituents is 1. The van der Waals surface area contributed by atoms with Crippen LogP contribution in [-0.4, -0.2) is 29.1 Å². The number of hydrogen-bond donors (Lipinski definition) is 2. The predicted octanol–water partition coefficient (Wildman–Crippen LogP) is 2.74. The van der Waals surface area contributed by atoms with Crippen molar-refractivity contribution < 1.29 is 24.4 Å². The lowest BCUT2D eigenvalue weighted by molar-refractivity contribution is -0.384. The van der Waals surface area contributed by atoms with Gasteiger partial charge in [0, 0.05) is 28.5 Å². The summed E-state index contributed by atoms with van der Waals surface area (Å²) in [7, 11) is 1.17. The van der Waals surface area contributed by atoms with Crippen LogP contribution in [0.5, 0.6) is 0 Å².